The Hall–Kier alpha value is -0.590. The molecular weight excluding hydrogens is 184 g/mol. The molecule has 0 radical (unpaired) electrons. The van der Waals surface area contributed by atoms with Crippen molar-refractivity contribution in [3.8, 4) is 0 Å². The highest BCUT2D eigenvalue weighted by molar-refractivity contribution is 5.89. The first-order valence-corrected chi connectivity index (χ1v) is 6.15. The molecule has 1 atom stereocenters. The summed E-state index contributed by atoms with van der Waals surface area (Å²) in [4.78, 5) is 11.9. The topological polar surface area (TPSA) is 17.1 Å². The fraction of sp³-hybridized carbons (Fsp3) is 0.786. The summed E-state index contributed by atoms with van der Waals surface area (Å²) in [7, 11) is 0. The lowest BCUT2D eigenvalue weighted by Gasteiger charge is -2.34. The van der Waals surface area contributed by atoms with E-state index in [-0.39, 0.29) is 10.8 Å². The molecule has 0 aromatic heterocycles. The molecule has 0 aromatic carbocycles. The van der Waals surface area contributed by atoms with Gasteiger partial charge in [-0.1, -0.05) is 45.8 Å². The van der Waals surface area contributed by atoms with Gasteiger partial charge in [-0.25, -0.2) is 0 Å². The highest BCUT2D eigenvalue weighted by atomic mass is 16.1. The molecule has 0 aromatic rings. The molecule has 1 aliphatic rings. The van der Waals surface area contributed by atoms with Crippen molar-refractivity contribution in [2.75, 3.05) is 0 Å². The third kappa shape index (κ3) is 2.32. The van der Waals surface area contributed by atoms with E-state index in [4.69, 9.17) is 0 Å². The van der Waals surface area contributed by atoms with Crippen LogP contribution in [0.3, 0.4) is 0 Å². The molecule has 0 N–H and O–H groups in total. The minimum absolute atomic E-state index is 0.132. The number of allylic oxidation sites excluding steroid dienone is 2. The Morgan fingerprint density at radius 3 is 2.47 bits per heavy atom. The van der Waals surface area contributed by atoms with Crippen molar-refractivity contribution in [2.45, 2.75) is 59.8 Å². The molecule has 1 rings (SSSR count). The van der Waals surface area contributed by atoms with E-state index >= 15 is 0 Å². The van der Waals surface area contributed by atoms with Gasteiger partial charge in [-0.15, -0.1) is 0 Å². The summed E-state index contributed by atoms with van der Waals surface area (Å²) in [6.45, 7) is 8.72. The molecule has 0 heterocycles. The number of Topliss-reactive ketones (excluding diaryl/α,β-unsaturated/α-hetero) is 1. The molecule has 0 spiro atoms. The average Bonchev–Trinajstić information content (AvgIpc) is 2.38. The Morgan fingerprint density at radius 2 is 2.00 bits per heavy atom. The lowest BCUT2D eigenvalue weighted by atomic mass is 9.68. The van der Waals surface area contributed by atoms with Crippen LogP contribution in [0, 0.1) is 10.8 Å². The van der Waals surface area contributed by atoms with Crippen LogP contribution in [-0.4, -0.2) is 5.78 Å². The number of hydrogen-bond acceptors (Lipinski definition) is 1. The van der Waals surface area contributed by atoms with Gasteiger partial charge in [0, 0.05) is 11.8 Å². The molecule has 15 heavy (non-hydrogen) atoms. The maximum atomic E-state index is 11.9. The van der Waals surface area contributed by atoms with E-state index in [1.54, 1.807) is 0 Å². The van der Waals surface area contributed by atoms with Crippen LogP contribution in [0.5, 0.6) is 0 Å². The van der Waals surface area contributed by atoms with Crippen molar-refractivity contribution in [3.05, 3.63) is 12.2 Å². The van der Waals surface area contributed by atoms with E-state index in [2.05, 4.69) is 39.8 Å². The lowest BCUT2D eigenvalue weighted by molar-refractivity contribution is -0.125. The van der Waals surface area contributed by atoms with Gasteiger partial charge in [0.25, 0.3) is 0 Å². The van der Waals surface area contributed by atoms with Crippen molar-refractivity contribution < 1.29 is 4.79 Å². The molecule has 0 aliphatic heterocycles. The smallest absolute Gasteiger partial charge is 0.143 e. The largest absolute Gasteiger partial charge is 0.299 e. The molecule has 86 valence electrons. The zero-order chi connectivity index (χ0) is 11.5. The van der Waals surface area contributed by atoms with Crippen molar-refractivity contribution in [1.82, 2.24) is 0 Å². The van der Waals surface area contributed by atoms with Crippen LogP contribution in [0.1, 0.15) is 59.8 Å². The van der Waals surface area contributed by atoms with E-state index < -0.39 is 0 Å². The number of carbonyl (C=O) groups excluding carboxylic acids is 1. The summed E-state index contributed by atoms with van der Waals surface area (Å²) < 4.78 is 0. The summed E-state index contributed by atoms with van der Waals surface area (Å²) >= 11 is 0. The van der Waals surface area contributed by atoms with E-state index in [0.717, 1.165) is 19.3 Å². The van der Waals surface area contributed by atoms with Crippen molar-refractivity contribution >= 4 is 5.78 Å². The monoisotopic (exact) mass is 208 g/mol. The summed E-state index contributed by atoms with van der Waals surface area (Å²) in [6, 6.07) is 0. The summed E-state index contributed by atoms with van der Waals surface area (Å²) in [5, 5.41) is 0. The molecule has 1 nitrogen and oxygen atoms in total. The average molecular weight is 208 g/mol. The van der Waals surface area contributed by atoms with Gasteiger partial charge in [0.1, 0.15) is 5.78 Å². The van der Waals surface area contributed by atoms with Crippen LogP contribution in [0.4, 0.5) is 0 Å². The van der Waals surface area contributed by atoms with Crippen molar-refractivity contribution in [1.29, 1.82) is 0 Å². The lowest BCUT2D eigenvalue weighted by Crippen LogP contribution is -2.33. The summed E-state index contributed by atoms with van der Waals surface area (Å²) in [5.74, 6) is 0.417. The first kappa shape index (κ1) is 12.5. The molecule has 0 saturated heterocycles. The van der Waals surface area contributed by atoms with Gasteiger partial charge in [0.15, 0.2) is 0 Å². The minimum atomic E-state index is -0.221. The van der Waals surface area contributed by atoms with Gasteiger partial charge >= 0.3 is 0 Å². The van der Waals surface area contributed by atoms with Crippen molar-refractivity contribution in [3.63, 3.8) is 0 Å². The van der Waals surface area contributed by atoms with Gasteiger partial charge in [-0.3, -0.25) is 4.79 Å². The number of carbonyl (C=O) groups is 1. The van der Waals surface area contributed by atoms with Crippen LogP contribution in [0.2, 0.25) is 0 Å². The van der Waals surface area contributed by atoms with E-state index in [0.29, 0.717) is 5.78 Å². The van der Waals surface area contributed by atoms with Crippen molar-refractivity contribution in [2.24, 2.45) is 10.8 Å². The Balaban J connectivity index is 2.71. The molecule has 1 saturated carbocycles. The van der Waals surface area contributed by atoms with Gasteiger partial charge in [0.2, 0.25) is 0 Å². The Bertz CT molecular complexity index is 263. The standard InChI is InChI=1S/C14H24O/c1-5-6-7-8-10-14(4)12(15)9-11-13(14,2)3/h8,10H,5-7,9,11H2,1-4H3. The van der Waals surface area contributed by atoms with Crippen LogP contribution in [0.25, 0.3) is 0 Å². The normalized spacial score (nSPS) is 30.3. The maximum Gasteiger partial charge on any atom is 0.143 e. The Morgan fingerprint density at radius 1 is 1.33 bits per heavy atom. The molecule has 1 aliphatic carbocycles. The van der Waals surface area contributed by atoms with Crippen LogP contribution >= 0.6 is 0 Å². The first-order chi connectivity index (χ1) is 6.94. The van der Waals surface area contributed by atoms with Crippen LogP contribution in [0.15, 0.2) is 12.2 Å². The SMILES string of the molecule is CCCCC=CC1(C)C(=O)CCC1(C)C. The second-order valence-corrected chi connectivity index (χ2v) is 5.55. The third-order valence-electron chi connectivity index (χ3n) is 4.14. The molecule has 0 amide bonds. The first-order valence-electron chi connectivity index (χ1n) is 6.15. The minimum Gasteiger partial charge on any atom is -0.299 e. The van der Waals surface area contributed by atoms with E-state index in [9.17, 15) is 4.79 Å². The molecule has 1 unspecified atom stereocenters. The van der Waals surface area contributed by atoms with Gasteiger partial charge in [-0.2, -0.15) is 0 Å². The zero-order valence-electron chi connectivity index (χ0n) is 10.6. The third-order valence-corrected chi connectivity index (χ3v) is 4.14. The Kier molecular flexibility index (Phi) is 3.75. The second-order valence-electron chi connectivity index (χ2n) is 5.55. The fourth-order valence-corrected chi connectivity index (χ4v) is 2.28. The van der Waals surface area contributed by atoms with Gasteiger partial charge in [0.05, 0.1) is 0 Å². The van der Waals surface area contributed by atoms with E-state index in [1.807, 2.05) is 0 Å². The molecule has 1 fully saturated rings. The number of hydrogen-bond donors (Lipinski definition) is 0. The molecular formula is C14H24O. The Labute approximate surface area is 93.9 Å². The summed E-state index contributed by atoms with van der Waals surface area (Å²) in [5.41, 5.74) is -0.0897. The summed E-state index contributed by atoms with van der Waals surface area (Å²) in [6.07, 6.45) is 9.70. The van der Waals surface area contributed by atoms with Crippen LogP contribution in [-0.2, 0) is 4.79 Å². The van der Waals surface area contributed by atoms with Crippen LogP contribution < -0.4 is 0 Å². The predicted octanol–water partition coefficient (Wildman–Crippen LogP) is 4.13. The number of rotatable bonds is 4. The highest BCUT2D eigenvalue weighted by Gasteiger charge is 2.49. The quantitative estimate of drug-likeness (QED) is 0.501. The fourth-order valence-electron chi connectivity index (χ4n) is 2.28. The molecule has 0 bridgehead atoms. The number of unbranched alkanes of at least 4 members (excludes halogenated alkanes) is 2. The van der Waals surface area contributed by atoms with Gasteiger partial charge < -0.3 is 0 Å². The molecule has 1 heteroatoms. The zero-order valence-corrected chi connectivity index (χ0v) is 10.6. The number of ketones is 1. The predicted molar refractivity (Wildman–Crippen MR) is 64.8 cm³/mol. The maximum absolute atomic E-state index is 11.9. The second kappa shape index (κ2) is 4.51. The van der Waals surface area contributed by atoms with E-state index in [1.165, 1.54) is 12.8 Å². The highest BCUT2D eigenvalue weighted by Crippen LogP contribution is 2.50. The van der Waals surface area contributed by atoms with Gasteiger partial charge in [-0.05, 0) is 25.2 Å².